The van der Waals surface area contributed by atoms with Crippen LogP contribution in [0.2, 0.25) is 0 Å². The monoisotopic (exact) mass is 293 g/mol. The first kappa shape index (κ1) is 13.9. The second kappa shape index (κ2) is 6.18. The summed E-state index contributed by atoms with van der Waals surface area (Å²) in [7, 11) is 0. The van der Waals surface area contributed by atoms with Gasteiger partial charge in [0.2, 0.25) is 4.96 Å². The van der Waals surface area contributed by atoms with Crippen LogP contribution in [0.5, 0.6) is 0 Å². The summed E-state index contributed by atoms with van der Waals surface area (Å²) >= 11 is 1.69. The Kier molecular flexibility index (Phi) is 4.31. The molecule has 1 fully saturated rings. The van der Waals surface area contributed by atoms with Crippen LogP contribution in [-0.2, 0) is 6.42 Å². The van der Waals surface area contributed by atoms with E-state index in [1.54, 1.807) is 11.3 Å². The van der Waals surface area contributed by atoms with Crippen molar-refractivity contribution in [3.05, 3.63) is 10.8 Å². The minimum absolute atomic E-state index is 0.557. The standard InChI is InChI=1S/C14H23N5S/c1-10(2)15-9-5-8-12-18-19-13(11-6-3-4-7-11)16-17-14(19)20-12/h10-11,15H,3-9H2,1-2H3. The van der Waals surface area contributed by atoms with Crippen LogP contribution in [0, 0.1) is 0 Å². The van der Waals surface area contributed by atoms with E-state index in [2.05, 4.69) is 29.4 Å². The van der Waals surface area contributed by atoms with Crippen molar-refractivity contribution in [1.29, 1.82) is 0 Å². The van der Waals surface area contributed by atoms with Gasteiger partial charge < -0.3 is 5.32 Å². The van der Waals surface area contributed by atoms with Gasteiger partial charge in [-0.05, 0) is 25.8 Å². The molecule has 20 heavy (non-hydrogen) atoms. The highest BCUT2D eigenvalue weighted by atomic mass is 32.1. The fraction of sp³-hybridized carbons (Fsp3) is 0.786. The minimum atomic E-state index is 0.557. The van der Waals surface area contributed by atoms with Gasteiger partial charge in [0.15, 0.2) is 5.82 Å². The first-order valence-electron chi connectivity index (χ1n) is 7.68. The lowest BCUT2D eigenvalue weighted by Gasteiger charge is -2.06. The van der Waals surface area contributed by atoms with Gasteiger partial charge in [-0.2, -0.15) is 9.61 Å². The molecule has 1 aliphatic rings. The lowest BCUT2D eigenvalue weighted by Crippen LogP contribution is -2.23. The molecule has 0 aromatic carbocycles. The van der Waals surface area contributed by atoms with Gasteiger partial charge in [-0.25, -0.2) is 0 Å². The molecule has 2 aromatic rings. The van der Waals surface area contributed by atoms with Crippen molar-refractivity contribution >= 4 is 16.3 Å². The zero-order valence-corrected chi connectivity index (χ0v) is 13.1. The maximum Gasteiger partial charge on any atom is 0.234 e. The third-order valence-electron chi connectivity index (χ3n) is 3.90. The van der Waals surface area contributed by atoms with Crippen LogP contribution < -0.4 is 5.32 Å². The SMILES string of the molecule is CC(C)NCCCc1nn2c(C3CCCC3)nnc2s1. The molecular weight excluding hydrogens is 270 g/mol. The quantitative estimate of drug-likeness (QED) is 0.832. The Balaban J connectivity index is 1.65. The molecule has 0 bridgehead atoms. The summed E-state index contributed by atoms with van der Waals surface area (Å²) in [5, 5.41) is 18.0. The molecule has 1 saturated carbocycles. The fourth-order valence-electron chi connectivity index (χ4n) is 2.84. The summed E-state index contributed by atoms with van der Waals surface area (Å²) in [6.45, 7) is 5.40. The van der Waals surface area contributed by atoms with Crippen molar-refractivity contribution in [2.24, 2.45) is 0 Å². The first-order chi connectivity index (χ1) is 9.74. The number of nitrogens with zero attached hydrogens (tertiary/aromatic N) is 4. The van der Waals surface area contributed by atoms with Gasteiger partial charge >= 0.3 is 0 Å². The molecule has 5 nitrogen and oxygen atoms in total. The van der Waals surface area contributed by atoms with E-state index in [-0.39, 0.29) is 0 Å². The summed E-state index contributed by atoms with van der Waals surface area (Å²) in [5.74, 6) is 1.66. The van der Waals surface area contributed by atoms with Crippen molar-refractivity contribution in [2.45, 2.75) is 64.3 Å². The van der Waals surface area contributed by atoms with E-state index >= 15 is 0 Å². The Labute approximate surface area is 123 Å². The van der Waals surface area contributed by atoms with E-state index in [1.807, 2.05) is 4.52 Å². The Morgan fingerprint density at radius 2 is 2.10 bits per heavy atom. The molecule has 1 N–H and O–H groups in total. The second-order valence-corrected chi connectivity index (χ2v) is 6.98. The molecule has 110 valence electrons. The fourth-order valence-corrected chi connectivity index (χ4v) is 3.72. The van der Waals surface area contributed by atoms with E-state index in [1.165, 1.54) is 30.7 Å². The van der Waals surface area contributed by atoms with Crippen molar-refractivity contribution in [1.82, 2.24) is 25.1 Å². The van der Waals surface area contributed by atoms with E-state index < -0.39 is 0 Å². The van der Waals surface area contributed by atoms with E-state index in [9.17, 15) is 0 Å². The molecule has 0 radical (unpaired) electrons. The average Bonchev–Trinajstić information content (AvgIpc) is 3.09. The predicted molar refractivity (Wildman–Crippen MR) is 81.3 cm³/mol. The lowest BCUT2D eigenvalue weighted by atomic mass is 10.1. The first-order valence-corrected chi connectivity index (χ1v) is 8.50. The molecule has 3 rings (SSSR count). The third kappa shape index (κ3) is 3.01. The summed E-state index contributed by atoms with van der Waals surface area (Å²) in [6.07, 6.45) is 7.27. The molecule has 0 atom stereocenters. The zero-order valence-electron chi connectivity index (χ0n) is 12.3. The van der Waals surface area contributed by atoms with E-state index in [4.69, 9.17) is 5.10 Å². The summed E-state index contributed by atoms with van der Waals surface area (Å²) in [5.41, 5.74) is 0. The van der Waals surface area contributed by atoms with Crippen molar-refractivity contribution in [3.63, 3.8) is 0 Å². The molecule has 0 spiro atoms. The largest absolute Gasteiger partial charge is 0.315 e. The number of aromatic nitrogens is 4. The molecule has 1 aliphatic carbocycles. The van der Waals surface area contributed by atoms with Crippen molar-refractivity contribution in [2.75, 3.05) is 6.54 Å². The molecule has 0 saturated heterocycles. The second-order valence-electron chi connectivity index (χ2n) is 5.94. The van der Waals surface area contributed by atoms with Gasteiger partial charge in [0.1, 0.15) is 5.01 Å². The van der Waals surface area contributed by atoms with Crippen molar-refractivity contribution in [3.8, 4) is 0 Å². The van der Waals surface area contributed by atoms with Gasteiger partial charge in [0.25, 0.3) is 0 Å². The number of rotatable bonds is 6. The Hall–Kier alpha value is -1.01. The molecule has 0 amide bonds. The zero-order chi connectivity index (χ0) is 13.9. The van der Waals surface area contributed by atoms with Crippen LogP contribution in [0.1, 0.15) is 62.7 Å². The average molecular weight is 293 g/mol. The smallest absolute Gasteiger partial charge is 0.234 e. The molecule has 6 heteroatoms. The maximum atomic E-state index is 4.72. The third-order valence-corrected chi connectivity index (χ3v) is 4.86. The summed E-state index contributed by atoms with van der Waals surface area (Å²) in [4.78, 5) is 0.957. The Bertz CT molecular complexity index is 553. The number of nitrogens with one attached hydrogen (secondary N) is 1. The molecule has 0 unspecified atom stereocenters. The number of hydrogen-bond acceptors (Lipinski definition) is 5. The highest BCUT2D eigenvalue weighted by Gasteiger charge is 2.23. The minimum Gasteiger partial charge on any atom is -0.315 e. The van der Waals surface area contributed by atoms with Gasteiger partial charge in [0.05, 0.1) is 0 Å². The normalized spacial score (nSPS) is 16.8. The van der Waals surface area contributed by atoms with Gasteiger partial charge in [0, 0.05) is 18.4 Å². The molecular formula is C14H23N5S. The number of hydrogen-bond donors (Lipinski definition) is 1. The van der Waals surface area contributed by atoms with Gasteiger partial charge in [-0.15, -0.1) is 10.2 Å². The summed E-state index contributed by atoms with van der Waals surface area (Å²) < 4.78 is 1.99. The van der Waals surface area contributed by atoms with Crippen molar-refractivity contribution < 1.29 is 0 Å². The maximum absolute atomic E-state index is 4.72. The Morgan fingerprint density at radius 1 is 1.30 bits per heavy atom. The predicted octanol–water partition coefficient (Wildman–Crippen LogP) is 2.77. The van der Waals surface area contributed by atoms with Crippen LogP contribution in [0.15, 0.2) is 0 Å². The number of aryl methyl sites for hydroxylation is 1. The Morgan fingerprint density at radius 3 is 2.85 bits per heavy atom. The highest BCUT2D eigenvalue weighted by molar-refractivity contribution is 7.16. The van der Waals surface area contributed by atoms with E-state index in [0.717, 1.165) is 30.2 Å². The lowest BCUT2D eigenvalue weighted by molar-refractivity contribution is 0.568. The van der Waals surface area contributed by atoms with Gasteiger partial charge in [-0.3, -0.25) is 0 Å². The van der Waals surface area contributed by atoms with E-state index in [0.29, 0.717) is 12.0 Å². The van der Waals surface area contributed by atoms with Crippen LogP contribution in [-0.4, -0.2) is 32.4 Å². The topological polar surface area (TPSA) is 55.1 Å². The molecule has 0 aliphatic heterocycles. The molecule has 2 heterocycles. The molecule has 2 aromatic heterocycles. The van der Waals surface area contributed by atoms with Crippen LogP contribution in [0.4, 0.5) is 0 Å². The van der Waals surface area contributed by atoms with Crippen LogP contribution in [0.25, 0.3) is 4.96 Å². The van der Waals surface area contributed by atoms with Gasteiger partial charge in [-0.1, -0.05) is 38.0 Å². The van der Waals surface area contributed by atoms with Crippen LogP contribution >= 0.6 is 11.3 Å². The summed E-state index contributed by atoms with van der Waals surface area (Å²) in [6, 6.07) is 0.557. The number of fused-ring (bicyclic) bond motifs is 1. The highest BCUT2D eigenvalue weighted by Crippen LogP contribution is 2.33. The van der Waals surface area contributed by atoms with Crippen LogP contribution in [0.3, 0.4) is 0 Å².